The summed E-state index contributed by atoms with van der Waals surface area (Å²) in [6, 6.07) is 7.88. The second-order valence-electron chi connectivity index (χ2n) is 4.79. The summed E-state index contributed by atoms with van der Waals surface area (Å²) in [5, 5.41) is 10.3. The molecule has 20 heavy (non-hydrogen) atoms. The van der Waals surface area contributed by atoms with Gasteiger partial charge in [-0.25, -0.2) is 4.98 Å². The van der Waals surface area contributed by atoms with Crippen molar-refractivity contribution in [3.05, 3.63) is 47.9 Å². The van der Waals surface area contributed by atoms with Gasteiger partial charge >= 0.3 is 0 Å². The number of benzene rings is 1. The van der Waals surface area contributed by atoms with Crippen LogP contribution >= 0.6 is 0 Å². The van der Waals surface area contributed by atoms with Crippen LogP contribution < -0.4 is 5.32 Å². The number of aromatic nitrogens is 4. The molecule has 0 atom stereocenters. The summed E-state index contributed by atoms with van der Waals surface area (Å²) in [6.45, 7) is 2.92. The molecule has 0 fully saturated rings. The van der Waals surface area contributed by atoms with E-state index < -0.39 is 0 Å². The van der Waals surface area contributed by atoms with Crippen LogP contribution in [0.15, 0.2) is 36.7 Å². The van der Waals surface area contributed by atoms with Gasteiger partial charge in [-0.2, -0.15) is 5.10 Å². The molecule has 3 aromatic rings. The molecular weight excluding hydrogens is 250 g/mol. The molecule has 2 N–H and O–H groups in total. The Kier molecular flexibility index (Phi) is 3.58. The Morgan fingerprint density at radius 2 is 2.00 bits per heavy atom. The smallest absolute Gasteiger partial charge is 0.145 e. The average molecular weight is 267 g/mol. The Morgan fingerprint density at radius 1 is 1.15 bits per heavy atom. The number of nitrogens with zero attached hydrogens (tertiary/aromatic N) is 3. The van der Waals surface area contributed by atoms with Crippen LogP contribution in [-0.4, -0.2) is 26.7 Å². The quantitative estimate of drug-likeness (QED) is 0.697. The molecule has 0 radical (unpaired) electrons. The SMILES string of the molecule is Cc1[nH]ncc1CCCNc1cnc2ccccc2n1. The highest BCUT2D eigenvalue weighted by Gasteiger charge is 2.01. The molecule has 0 aliphatic carbocycles. The molecule has 0 saturated carbocycles. The number of anilines is 1. The number of fused-ring (bicyclic) bond motifs is 1. The van der Waals surface area contributed by atoms with E-state index in [1.807, 2.05) is 37.4 Å². The number of aromatic amines is 1. The molecular formula is C15H17N5. The fourth-order valence-corrected chi connectivity index (χ4v) is 2.17. The van der Waals surface area contributed by atoms with E-state index in [4.69, 9.17) is 0 Å². The maximum absolute atomic E-state index is 4.54. The van der Waals surface area contributed by atoms with Crippen molar-refractivity contribution < 1.29 is 0 Å². The predicted molar refractivity (Wildman–Crippen MR) is 79.7 cm³/mol. The minimum atomic E-state index is 0.826. The normalized spacial score (nSPS) is 10.8. The van der Waals surface area contributed by atoms with Crippen LogP contribution in [0.3, 0.4) is 0 Å². The Hall–Kier alpha value is -2.43. The summed E-state index contributed by atoms with van der Waals surface area (Å²) in [4.78, 5) is 8.92. The van der Waals surface area contributed by atoms with Crippen LogP contribution in [0.25, 0.3) is 11.0 Å². The second kappa shape index (κ2) is 5.69. The van der Waals surface area contributed by atoms with Crippen molar-refractivity contribution in [2.45, 2.75) is 19.8 Å². The maximum atomic E-state index is 4.54. The van der Waals surface area contributed by atoms with Gasteiger partial charge in [-0.3, -0.25) is 10.1 Å². The van der Waals surface area contributed by atoms with Crippen molar-refractivity contribution in [3.63, 3.8) is 0 Å². The van der Waals surface area contributed by atoms with Crippen molar-refractivity contribution in [3.8, 4) is 0 Å². The number of aryl methyl sites for hydroxylation is 2. The van der Waals surface area contributed by atoms with Gasteiger partial charge < -0.3 is 5.32 Å². The highest BCUT2D eigenvalue weighted by molar-refractivity contribution is 5.75. The highest BCUT2D eigenvalue weighted by Crippen LogP contribution is 2.11. The lowest BCUT2D eigenvalue weighted by Gasteiger charge is -2.06. The zero-order valence-electron chi connectivity index (χ0n) is 11.4. The molecule has 0 aliphatic rings. The molecule has 2 aromatic heterocycles. The minimum Gasteiger partial charge on any atom is -0.369 e. The summed E-state index contributed by atoms with van der Waals surface area (Å²) in [6.07, 6.45) is 5.72. The zero-order valence-corrected chi connectivity index (χ0v) is 11.4. The van der Waals surface area contributed by atoms with E-state index >= 15 is 0 Å². The summed E-state index contributed by atoms with van der Waals surface area (Å²) < 4.78 is 0. The van der Waals surface area contributed by atoms with E-state index in [1.165, 1.54) is 5.56 Å². The third-order valence-electron chi connectivity index (χ3n) is 3.31. The molecule has 0 spiro atoms. The highest BCUT2D eigenvalue weighted by atomic mass is 15.1. The van der Waals surface area contributed by atoms with Gasteiger partial charge in [0.1, 0.15) is 5.82 Å². The summed E-state index contributed by atoms with van der Waals surface area (Å²) in [7, 11) is 0. The van der Waals surface area contributed by atoms with Gasteiger partial charge in [0.15, 0.2) is 0 Å². The molecule has 1 aromatic carbocycles. The first-order valence-corrected chi connectivity index (χ1v) is 6.77. The van der Waals surface area contributed by atoms with E-state index in [-0.39, 0.29) is 0 Å². The molecule has 2 heterocycles. The molecule has 0 bridgehead atoms. The maximum Gasteiger partial charge on any atom is 0.145 e. The lowest BCUT2D eigenvalue weighted by molar-refractivity contribution is 0.853. The first-order valence-electron chi connectivity index (χ1n) is 6.77. The Balaban J connectivity index is 1.56. The standard InChI is InChI=1S/C15H17N5/c1-11-12(9-18-20-11)5-4-8-16-15-10-17-13-6-2-3-7-14(13)19-15/h2-3,6-7,9-10H,4-5,8H2,1H3,(H,16,19)(H,18,20). The van der Waals surface area contributed by atoms with Crippen LogP contribution in [0, 0.1) is 6.92 Å². The molecule has 0 aliphatic heterocycles. The number of hydrogen-bond donors (Lipinski definition) is 2. The fraction of sp³-hybridized carbons (Fsp3) is 0.267. The molecule has 0 unspecified atom stereocenters. The van der Waals surface area contributed by atoms with Crippen LogP contribution in [0.5, 0.6) is 0 Å². The van der Waals surface area contributed by atoms with Gasteiger partial charge in [0.2, 0.25) is 0 Å². The molecule has 5 nitrogen and oxygen atoms in total. The summed E-state index contributed by atoms with van der Waals surface area (Å²) in [5.41, 5.74) is 4.27. The number of H-pyrrole nitrogens is 1. The molecule has 0 amide bonds. The lowest BCUT2D eigenvalue weighted by atomic mass is 10.1. The molecule has 5 heteroatoms. The number of nitrogens with one attached hydrogen (secondary N) is 2. The minimum absolute atomic E-state index is 0.826. The fourth-order valence-electron chi connectivity index (χ4n) is 2.17. The Labute approximate surface area is 117 Å². The Bertz CT molecular complexity index is 704. The molecule has 102 valence electrons. The van der Waals surface area contributed by atoms with Crippen LogP contribution in [0.2, 0.25) is 0 Å². The van der Waals surface area contributed by atoms with E-state index in [9.17, 15) is 0 Å². The monoisotopic (exact) mass is 267 g/mol. The van der Waals surface area contributed by atoms with E-state index in [0.29, 0.717) is 0 Å². The van der Waals surface area contributed by atoms with Gasteiger partial charge in [0.25, 0.3) is 0 Å². The van der Waals surface area contributed by atoms with Crippen molar-refractivity contribution in [2.24, 2.45) is 0 Å². The molecule has 3 rings (SSSR count). The number of hydrogen-bond acceptors (Lipinski definition) is 4. The third kappa shape index (κ3) is 2.77. The first kappa shape index (κ1) is 12.6. The number of rotatable bonds is 5. The van der Waals surface area contributed by atoms with Crippen molar-refractivity contribution in [2.75, 3.05) is 11.9 Å². The first-order chi connectivity index (χ1) is 9.83. The Morgan fingerprint density at radius 3 is 2.80 bits per heavy atom. The number of para-hydroxylation sites is 2. The lowest BCUT2D eigenvalue weighted by Crippen LogP contribution is -2.05. The predicted octanol–water partition coefficient (Wildman–Crippen LogP) is 2.71. The van der Waals surface area contributed by atoms with Gasteiger partial charge in [0, 0.05) is 12.2 Å². The molecule has 0 saturated heterocycles. The van der Waals surface area contributed by atoms with E-state index in [1.54, 1.807) is 6.20 Å². The van der Waals surface area contributed by atoms with Crippen molar-refractivity contribution >= 4 is 16.9 Å². The van der Waals surface area contributed by atoms with Gasteiger partial charge in [-0.05, 0) is 37.5 Å². The van der Waals surface area contributed by atoms with E-state index in [0.717, 1.165) is 41.9 Å². The van der Waals surface area contributed by atoms with Crippen LogP contribution in [0.4, 0.5) is 5.82 Å². The summed E-state index contributed by atoms with van der Waals surface area (Å²) >= 11 is 0. The van der Waals surface area contributed by atoms with Crippen molar-refractivity contribution in [1.29, 1.82) is 0 Å². The topological polar surface area (TPSA) is 66.5 Å². The average Bonchev–Trinajstić information content (AvgIpc) is 2.89. The largest absolute Gasteiger partial charge is 0.369 e. The van der Waals surface area contributed by atoms with Gasteiger partial charge in [-0.1, -0.05) is 12.1 Å². The van der Waals surface area contributed by atoms with Gasteiger partial charge in [-0.15, -0.1) is 0 Å². The zero-order chi connectivity index (χ0) is 13.8. The van der Waals surface area contributed by atoms with Gasteiger partial charge in [0.05, 0.1) is 23.4 Å². The van der Waals surface area contributed by atoms with Crippen LogP contribution in [0.1, 0.15) is 17.7 Å². The third-order valence-corrected chi connectivity index (χ3v) is 3.31. The van der Waals surface area contributed by atoms with E-state index in [2.05, 4.69) is 25.5 Å². The van der Waals surface area contributed by atoms with Crippen molar-refractivity contribution in [1.82, 2.24) is 20.2 Å². The second-order valence-corrected chi connectivity index (χ2v) is 4.79. The van der Waals surface area contributed by atoms with Crippen LogP contribution in [-0.2, 0) is 6.42 Å². The summed E-state index contributed by atoms with van der Waals surface area (Å²) in [5.74, 6) is 0.826.